The average Bonchev–Trinajstić information content (AvgIpc) is 2.34. The maximum absolute atomic E-state index is 12.4. The first kappa shape index (κ1) is 13.6. The molecule has 0 aliphatic carbocycles. The second-order valence-electron chi connectivity index (χ2n) is 5.97. The van der Waals surface area contributed by atoms with E-state index in [1.165, 1.54) is 0 Å². The number of ether oxygens (including phenoxy) is 1. The van der Waals surface area contributed by atoms with Gasteiger partial charge in [-0.15, -0.1) is 0 Å². The number of hydrogen-bond acceptors (Lipinski definition) is 3. The van der Waals surface area contributed by atoms with E-state index in [-0.39, 0.29) is 11.1 Å². The zero-order valence-electron chi connectivity index (χ0n) is 11.7. The van der Waals surface area contributed by atoms with Crippen molar-refractivity contribution < 1.29 is 14.3 Å². The molecule has 0 N–H and O–H groups in total. The molecule has 4 nitrogen and oxygen atoms in total. The molecule has 4 heteroatoms. The highest BCUT2D eigenvalue weighted by atomic mass is 16.6. The van der Waals surface area contributed by atoms with Gasteiger partial charge in [-0.3, -0.25) is 0 Å². The van der Waals surface area contributed by atoms with Crippen molar-refractivity contribution in [2.45, 2.75) is 39.8 Å². The van der Waals surface area contributed by atoms with Crippen LogP contribution in [-0.2, 0) is 9.53 Å². The molecule has 0 spiro atoms. The third-order valence-corrected chi connectivity index (χ3v) is 3.36. The molecule has 0 radical (unpaired) electrons. The molecule has 1 aromatic rings. The lowest BCUT2D eigenvalue weighted by molar-refractivity contribution is -0.519. The summed E-state index contributed by atoms with van der Waals surface area (Å²) in [6.07, 6.45) is -0.412. The molecular formula is C15H19NO3. The van der Waals surface area contributed by atoms with Crippen LogP contribution < -0.4 is 0 Å². The zero-order chi connectivity index (χ0) is 14.2. The predicted molar refractivity (Wildman–Crippen MR) is 73.0 cm³/mol. The Hall–Kier alpha value is -1.84. The smallest absolute Gasteiger partial charge is 0.405 e. The zero-order valence-corrected chi connectivity index (χ0v) is 11.7. The molecule has 0 bridgehead atoms. The topological polar surface area (TPSA) is 52.4 Å². The van der Waals surface area contributed by atoms with Gasteiger partial charge in [0, 0.05) is 12.3 Å². The minimum absolute atomic E-state index is 0.0913. The van der Waals surface area contributed by atoms with E-state index in [0.29, 0.717) is 5.56 Å². The number of cyclic esters (lactones) is 1. The summed E-state index contributed by atoms with van der Waals surface area (Å²) in [6, 6.07) is 8.52. The molecule has 0 unspecified atom stereocenters. The van der Waals surface area contributed by atoms with Crippen LogP contribution in [0.2, 0.25) is 0 Å². The Bertz CT molecular complexity index is 514. The van der Waals surface area contributed by atoms with Crippen molar-refractivity contribution in [3.63, 3.8) is 0 Å². The van der Waals surface area contributed by atoms with E-state index in [1.807, 2.05) is 26.8 Å². The lowest BCUT2D eigenvalue weighted by Crippen LogP contribution is -2.52. The van der Waals surface area contributed by atoms with Gasteiger partial charge in [-0.05, 0) is 12.1 Å². The monoisotopic (exact) mass is 261 g/mol. The van der Waals surface area contributed by atoms with Gasteiger partial charge in [0.05, 0.1) is 5.56 Å². The second-order valence-corrected chi connectivity index (χ2v) is 5.97. The quantitative estimate of drug-likeness (QED) is 0.443. The van der Waals surface area contributed by atoms with Gasteiger partial charge in [0.15, 0.2) is 12.1 Å². The fourth-order valence-electron chi connectivity index (χ4n) is 2.43. The molecule has 19 heavy (non-hydrogen) atoms. The Balaban J connectivity index is 2.46. The molecule has 1 aromatic carbocycles. The van der Waals surface area contributed by atoms with Gasteiger partial charge in [-0.1, -0.05) is 39.0 Å². The van der Waals surface area contributed by atoms with Gasteiger partial charge in [-0.25, -0.2) is 4.79 Å². The number of rotatable bonds is 1. The summed E-state index contributed by atoms with van der Waals surface area (Å²) in [5, 5.41) is 12.4. The molecule has 102 valence electrons. The highest BCUT2D eigenvalue weighted by Gasteiger charge is 2.45. The molecule has 0 saturated carbocycles. The number of carbonyl (C=O) groups is 1. The number of hydrogen-bond donors (Lipinski definition) is 0. The molecule has 1 heterocycles. The number of esters is 1. The van der Waals surface area contributed by atoms with Crippen molar-refractivity contribution >= 4 is 11.7 Å². The van der Waals surface area contributed by atoms with Crippen molar-refractivity contribution in [2.24, 2.45) is 5.41 Å². The Labute approximate surface area is 113 Å². The van der Waals surface area contributed by atoms with Crippen LogP contribution >= 0.6 is 0 Å². The highest BCUT2D eigenvalue weighted by Crippen LogP contribution is 2.29. The van der Waals surface area contributed by atoms with E-state index in [0.717, 1.165) is 4.74 Å². The summed E-state index contributed by atoms with van der Waals surface area (Å²) in [4.78, 5) is 12.1. The minimum atomic E-state index is -0.542. The van der Waals surface area contributed by atoms with E-state index in [9.17, 15) is 10.0 Å². The van der Waals surface area contributed by atoms with E-state index in [1.54, 1.807) is 31.2 Å². The van der Waals surface area contributed by atoms with E-state index < -0.39 is 18.1 Å². The third-order valence-electron chi connectivity index (χ3n) is 3.36. The van der Waals surface area contributed by atoms with Crippen LogP contribution in [0.1, 0.15) is 33.3 Å². The normalized spacial score (nSPS) is 24.3. The fraction of sp³-hybridized carbons (Fsp3) is 0.467. The van der Waals surface area contributed by atoms with Crippen molar-refractivity contribution in [3.8, 4) is 0 Å². The summed E-state index contributed by atoms with van der Waals surface area (Å²) < 4.78 is 6.27. The molecule has 2 atom stereocenters. The van der Waals surface area contributed by atoms with Crippen molar-refractivity contribution in [2.75, 3.05) is 0 Å². The first-order valence-corrected chi connectivity index (χ1v) is 6.42. The Morgan fingerprint density at radius 3 is 2.32 bits per heavy atom. The maximum atomic E-state index is 12.4. The van der Waals surface area contributed by atoms with Gasteiger partial charge in [0.2, 0.25) is 0 Å². The maximum Gasteiger partial charge on any atom is 0.405 e. The SMILES string of the molecule is C[C@H]1[C@H](C(C)(C)C)OC(=O)C(c2ccccc2)=[N+]1[O-]. The number of carbonyl (C=O) groups excluding carboxylic acids is 1. The standard InChI is InChI=1S/C15H19NO3/c1-10-13(15(2,3)4)19-14(17)12(16(10)18)11-8-6-5-7-9-11/h5-10,13H,1-4H3/t10-,13+/m0/s1. The largest absolute Gasteiger partial charge is 0.623 e. The Kier molecular flexibility index (Phi) is 3.35. The van der Waals surface area contributed by atoms with Crippen LogP contribution in [0, 0.1) is 10.6 Å². The van der Waals surface area contributed by atoms with Gasteiger partial charge >= 0.3 is 11.7 Å². The predicted octanol–water partition coefficient (Wildman–Crippen LogP) is 2.35. The van der Waals surface area contributed by atoms with E-state index in [4.69, 9.17) is 4.74 Å². The number of benzene rings is 1. The third kappa shape index (κ3) is 2.48. The number of hydroxylamine groups is 1. The van der Waals surface area contributed by atoms with Crippen molar-refractivity contribution in [1.29, 1.82) is 0 Å². The van der Waals surface area contributed by atoms with Crippen LogP contribution in [0.25, 0.3) is 0 Å². The second kappa shape index (κ2) is 4.68. The molecular weight excluding hydrogens is 242 g/mol. The summed E-state index contributed by atoms with van der Waals surface area (Å²) in [5.74, 6) is -0.542. The summed E-state index contributed by atoms with van der Waals surface area (Å²) in [5.41, 5.74) is 0.426. The van der Waals surface area contributed by atoms with Gasteiger partial charge in [0.1, 0.15) is 0 Å². The molecule has 0 amide bonds. The first-order valence-electron chi connectivity index (χ1n) is 6.42. The van der Waals surface area contributed by atoms with Crippen LogP contribution in [0.5, 0.6) is 0 Å². The van der Waals surface area contributed by atoms with Crippen LogP contribution in [-0.4, -0.2) is 28.6 Å². The molecule has 0 aromatic heterocycles. The summed E-state index contributed by atoms with van der Waals surface area (Å²) in [7, 11) is 0. The minimum Gasteiger partial charge on any atom is -0.623 e. The molecule has 0 fully saturated rings. The summed E-state index contributed by atoms with van der Waals surface area (Å²) in [6.45, 7) is 7.67. The van der Waals surface area contributed by atoms with Gasteiger partial charge in [0.25, 0.3) is 0 Å². The average molecular weight is 261 g/mol. The van der Waals surface area contributed by atoms with Gasteiger partial charge in [-0.2, -0.15) is 4.74 Å². The van der Waals surface area contributed by atoms with Crippen LogP contribution in [0.3, 0.4) is 0 Å². The molecule has 1 aliphatic rings. The number of nitrogens with zero attached hydrogens (tertiary/aromatic N) is 1. The summed E-state index contributed by atoms with van der Waals surface area (Å²) >= 11 is 0. The Morgan fingerprint density at radius 2 is 1.79 bits per heavy atom. The highest BCUT2D eigenvalue weighted by molar-refractivity contribution is 6.41. The lowest BCUT2D eigenvalue weighted by Gasteiger charge is -2.36. The fourth-order valence-corrected chi connectivity index (χ4v) is 2.43. The van der Waals surface area contributed by atoms with Crippen molar-refractivity contribution in [3.05, 3.63) is 41.1 Å². The van der Waals surface area contributed by atoms with Gasteiger partial charge < -0.3 is 9.94 Å². The first-order chi connectivity index (χ1) is 8.82. The molecule has 1 aliphatic heterocycles. The van der Waals surface area contributed by atoms with E-state index in [2.05, 4.69) is 0 Å². The van der Waals surface area contributed by atoms with Crippen LogP contribution in [0.15, 0.2) is 30.3 Å². The molecule has 2 rings (SSSR count). The Morgan fingerprint density at radius 1 is 1.21 bits per heavy atom. The lowest BCUT2D eigenvalue weighted by atomic mass is 9.84. The van der Waals surface area contributed by atoms with Crippen molar-refractivity contribution in [1.82, 2.24) is 0 Å². The molecule has 0 saturated heterocycles. The van der Waals surface area contributed by atoms with E-state index >= 15 is 0 Å². The van der Waals surface area contributed by atoms with Crippen LogP contribution in [0.4, 0.5) is 0 Å².